The summed E-state index contributed by atoms with van der Waals surface area (Å²) >= 11 is 0. The Morgan fingerprint density at radius 1 is 1.00 bits per heavy atom. The number of nitrogens with zero attached hydrogens (tertiary/aromatic N) is 4. The molecule has 2 saturated heterocycles. The number of guanidine groups is 1. The van der Waals surface area contributed by atoms with Gasteiger partial charge in [-0.15, -0.1) is 0 Å². The van der Waals surface area contributed by atoms with Gasteiger partial charge in [0.15, 0.2) is 5.96 Å². The molecule has 2 aliphatic heterocycles. The zero-order chi connectivity index (χ0) is 22.6. The first-order valence-electron chi connectivity index (χ1n) is 11.9. The third-order valence-electron chi connectivity index (χ3n) is 6.00. The summed E-state index contributed by atoms with van der Waals surface area (Å²) in [5.41, 5.74) is 2.53. The Morgan fingerprint density at radius 2 is 1.69 bits per heavy atom. The van der Waals surface area contributed by atoms with Crippen molar-refractivity contribution in [1.29, 1.82) is 0 Å². The predicted octanol–water partition coefficient (Wildman–Crippen LogP) is 1.13. The van der Waals surface area contributed by atoms with Crippen LogP contribution in [0.25, 0.3) is 0 Å². The van der Waals surface area contributed by atoms with E-state index in [-0.39, 0.29) is 12.5 Å². The number of likely N-dealkylation sites (tertiary alicyclic amines) is 1. The van der Waals surface area contributed by atoms with Crippen molar-refractivity contribution in [2.75, 3.05) is 73.1 Å². The largest absolute Gasteiger partial charge is 0.379 e. The minimum Gasteiger partial charge on any atom is -0.379 e. The van der Waals surface area contributed by atoms with Crippen molar-refractivity contribution < 1.29 is 9.53 Å². The molecular formula is C24H40N6O2. The van der Waals surface area contributed by atoms with Crippen molar-refractivity contribution in [1.82, 2.24) is 25.3 Å². The first kappa shape index (κ1) is 24.5. The van der Waals surface area contributed by atoms with Gasteiger partial charge in [-0.3, -0.25) is 14.6 Å². The fourth-order valence-corrected chi connectivity index (χ4v) is 3.95. The molecule has 2 N–H and O–H groups in total. The lowest BCUT2D eigenvalue weighted by atomic mass is 10.1. The molecule has 8 heteroatoms. The molecule has 178 valence electrons. The molecular weight excluding hydrogens is 404 g/mol. The minimum absolute atomic E-state index is 0.0269. The number of aliphatic imine (C=N–C) groups is 1. The van der Waals surface area contributed by atoms with Crippen molar-refractivity contribution in [3.8, 4) is 0 Å². The molecule has 0 spiro atoms. The number of ether oxygens (including phenoxy) is 1. The second kappa shape index (κ2) is 13.4. The molecule has 1 aromatic carbocycles. The molecule has 1 amide bonds. The Labute approximate surface area is 193 Å². The fraction of sp³-hybridized carbons (Fsp3) is 0.667. The number of amides is 1. The summed E-state index contributed by atoms with van der Waals surface area (Å²) < 4.78 is 5.41. The first-order chi connectivity index (χ1) is 15.6. The van der Waals surface area contributed by atoms with E-state index in [1.807, 2.05) is 0 Å². The van der Waals surface area contributed by atoms with Gasteiger partial charge in [-0.25, -0.2) is 4.99 Å². The Kier molecular flexibility index (Phi) is 10.3. The summed E-state index contributed by atoms with van der Waals surface area (Å²) in [6.07, 6.45) is 3.66. The van der Waals surface area contributed by atoms with Crippen LogP contribution in [-0.4, -0.2) is 99.7 Å². The van der Waals surface area contributed by atoms with Gasteiger partial charge in [0.2, 0.25) is 5.91 Å². The number of nitrogens with one attached hydrogen (secondary N) is 2. The molecule has 0 aromatic heterocycles. The van der Waals surface area contributed by atoms with E-state index in [0.717, 1.165) is 52.4 Å². The summed E-state index contributed by atoms with van der Waals surface area (Å²) in [5.74, 6) is 0.711. The van der Waals surface area contributed by atoms with E-state index in [1.165, 1.54) is 37.1 Å². The average Bonchev–Trinajstić information content (AvgIpc) is 3.32. The van der Waals surface area contributed by atoms with Crippen LogP contribution in [0, 0.1) is 0 Å². The van der Waals surface area contributed by atoms with Crippen molar-refractivity contribution in [3.63, 3.8) is 0 Å². The van der Waals surface area contributed by atoms with E-state index in [2.05, 4.69) is 44.7 Å². The highest BCUT2D eigenvalue weighted by Crippen LogP contribution is 2.13. The Hall–Kier alpha value is -2.16. The van der Waals surface area contributed by atoms with Gasteiger partial charge < -0.3 is 20.3 Å². The van der Waals surface area contributed by atoms with E-state index in [1.54, 1.807) is 19.0 Å². The zero-order valence-corrected chi connectivity index (χ0v) is 19.8. The third kappa shape index (κ3) is 8.76. The second-order valence-electron chi connectivity index (χ2n) is 8.84. The smallest absolute Gasteiger partial charge is 0.241 e. The van der Waals surface area contributed by atoms with E-state index in [9.17, 15) is 4.79 Å². The van der Waals surface area contributed by atoms with Gasteiger partial charge in [0.1, 0.15) is 0 Å². The quantitative estimate of drug-likeness (QED) is 0.320. The lowest BCUT2D eigenvalue weighted by molar-refractivity contribution is -0.127. The van der Waals surface area contributed by atoms with Crippen LogP contribution >= 0.6 is 0 Å². The van der Waals surface area contributed by atoms with Gasteiger partial charge in [0.25, 0.3) is 0 Å². The highest BCUT2D eigenvalue weighted by Gasteiger charge is 2.12. The summed E-state index contributed by atoms with van der Waals surface area (Å²) in [6.45, 7) is 9.79. The van der Waals surface area contributed by atoms with Crippen LogP contribution in [0.1, 0.15) is 30.4 Å². The molecule has 0 radical (unpaired) electrons. The van der Waals surface area contributed by atoms with E-state index in [0.29, 0.717) is 12.5 Å². The SMILES string of the molecule is CN(C)C(=O)CNC(=NCc1ccc(CN2CCCC2)cc1)NCCCN1CCOCC1. The summed E-state index contributed by atoms with van der Waals surface area (Å²) in [7, 11) is 3.53. The van der Waals surface area contributed by atoms with Gasteiger partial charge >= 0.3 is 0 Å². The monoisotopic (exact) mass is 444 g/mol. The molecule has 1 aromatic rings. The topological polar surface area (TPSA) is 72.4 Å². The maximum atomic E-state index is 12.0. The molecule has 0 unspecified atom stereocenters. The van der Waals surface area contributed by atoms with Gasteiger partial charge in [-0.1, -0.05) is 24.3 Å². The molecule has 0 aliphatic carbocycles. The van der Waals surface area contributed by atoms with E-state index >= 15 is 0 Å². The van der Waals surface area contributed by atoms with Crippen LogP contribution < -0.4 is 10.6 Å². The van der Waals surface area contributed by atoms with Gasteiger partial charge in [-0.2, -0.15) is 0 Å². The van der Waals surface area contributed by atoms with Gasteiger partial charge in [-0.05, 0) is 50.0 Å². The van der Waals surface area contributed by atoms with Crippen LogP contribution in [0.4, 0.5) is 0 Å². The van der Waals surface area contributed by atoms with Crippen molar-refractivity contribution in [2.45, 2.75) is 32.4 Å². The molecule has 8 nitrogen and oxygen atoms in total. The van der Waals surface area contributed by atoms with Crippen molar-refractivity contribution in [2.24, 2.45) is 4.99 Å². The van der Waals surface area contributed by atoms with E-state index < -0.39 is 0 Å². The number of carbonyl (C=O) groups excluding carboxylic acids is 1. The van der Waals surface area contributed by atoms with Crippen LogP contribution in [0.2, 0.25) is 0 Å². The van der Waals surface area contributed by atoms with Crippen LogP contribution in [0.5, 0.6) is 0 Å². The molecule has 2 fully saturated rings. The number of morpholine rings is 1. The van der Waals surface area contributed by atoms with Gasteiger partial charge in [0.05, 0.1) is 26.3 Å². The predicted molar refractivity (Wildman–Crippen MR) is 129 cm³/mol. The average molecular weight is 445 g/mol. The number of hydrogen-bond acceptors (Lipinski definition) is 5. The summed E-state index contributed by atoms with van der Waals surface area (Å²) in [4.78, 5) is 23.2. The molecule has 0 atom stereocenters. The number of rotatable bonds is 10. The number of carbonyl (C=O) groups is 1. The highest BCUT2D eigenvalue weighted by molar-refractivity contribution is 5.86. The Balaban J connectivity index is 1.48. The third-order valence-corrected chi connectivity index (χ3v) is 6.00. The van der Waals surface area contributed by atoms with Crippen molar-refractivity contribution >= 4 is 11.9 Å². The van der Waals surface area contributed by atoms with Crippen LogP contribution in [-0.2, 0) is 22.6 Å². The Bertz CT molecular complexity index is 710. The maximum absolute atomic E-state index is 12.0. The standard InChI is InChI=1S/C24H40N6O2/c1-28(2)23(31)19-27-24(25-10-5-13-29-14-16-32-17-15-29)26-18-21-6-8-22(9-7-21)20-30-11-3-4-12-30/h6-9H,3-5,10-20H2,1-2H3,(H2,25,26,27). The molecule has 0 bridgehead atoms. The molecule has 32 heavy (non-hydrogen) atoms. The second-order valence-corrected chi connectivity index (χ2v) is 8.84. The minimum atomic E-state index is 0.0269. The van der Waals surface area contributed by atoms with E-state index in [4.69, 9.17) is 9.73 Å². The maximum Gasteiger partial charge on any atom is 0.241 e. The molecule has 3 rings (SSSR count). The van der Waals surface area contributed by atoms with Crippen molar-refractivity contribution in [3.05, 3.63) is 35.4 Å². The molecule has 0 saturated carbocycles. The summed E-state index contributed by atoms with van der Waals surface area (Å²) in [6, 6.07) is 8.75. The zero-order valence-electron chi connectivity index (χ0n) is 19.8. The molecule has 2 heterocycles. The number of likely N-dealkylation sites (N-methyl/N-ethyl adjacent to an activating group) is 1. The lowest BCUT2D eigenvalue weighted by Gasteiger charge is -2.26. The fourth-order valence-electron chi connectivity index (χ4n) is 3.95. The lowest BCUT2D eigenvalue weighted by Crippen LogP contribution is -2.44. The molecule has 2 aliphatic rings. The number of hydrogen-bond donors (Lipinski definition) is 2. The summed E-state index contributed by atoms with van der Waals surface area (Å²) in [5, 5.41) is 6.56. The number of benzene rings is 1. The van der Waals surface area contributed by atoms with Gasteiger partial charge in [0, 0.05) is 40.3 Å². The van der Waals surface area contributed by atoms with Crippen LogP contribution in [0.15, 0.2) is 29.3 Å². The normalized spacial score (nSPS) is 18.0. The van der Waals surface area contributed by atoms with Crippen LogP contribution in [0.3, 0.4) is 0 Å². The Morgan fingerprint density at radius 3 is 2.38 bits per heavy atom. The highest BCUT2D eigenvalue weighted by atomic mass is 16.5. The first-order valence-corrected chi connectivity index (χ1v) is 11.9.